The van der Waals surface area contributed by atoms with Crippen molar-refractivity contribution in [3.05, 3.63) is 34.9 Å². The van der Waals surface area contributed by atoms with Crippen molar-refractivity contribution in [1.29, 1.82) is 0 Å². The lowest BCUT2D eigenvalue weighted by atomic mass is 9.99. The van der Waals surface area contributed by atoms with E-state index in [2.05, 4.69) is 0 Å². The third-order valence-electron chi connectivity index (χ3n) is 4.81. The minimum Gasteiger partial charge on any atom is -0.337 e. The first-order valence-corrected chi connectivity index (χ1v) is 7.82. The molecule has 3 rings (SSSR count). The number of nitrogens with zero attached hydrogens (tertiary/aromatic N) is 1. The number of carbonyl (C=O) groups is 1. The maximum atomic E-state index is 13.2. The zero-order valence-electron chi connectivity index (χ0n) is 13.0. The molecule has 0 spiro atoms. The summed E-state index contributed by atoms with van der Waals surface area (Å²) in [6.07, 6.45) is -8.03. The van der Waals surface area contributed by atoms with E-state index in [4.69, 9.17) is 5.73 Å². The zero-order chi connectivity index (χ0) is 18.6. The Labute approximate surface area is 139 Å². The van der Waals surface area contributed by atoms with Crippen LogP contribution >= 0.6 is 0 Å². The third-order valence-corrected chi connectivity index (χ3v) is 4.81. The van der Waals surface area contributed by atoms with Crippen LogP contribution in [0.25, 0.3) is 0 Å². The average molecular weight is 366 g/mol. The van der Waals surface area contributed by atoms with Crippen molar-refractivity contribution < 1.29 is 31.1 Å². The lowest BCUT2D eigenvalue weighted by molar-refractivity contribution is -0.143. The van der Waals surface area contributed by atoms with Gasteiger partial charge in [-0.2, -0.15) is 26.3 Å². The highest BCUT2D eigenvalue weighted by atomic mass is 19.4. The number of nitrogens with two attached hydrogens (primary N) is 1. The standard InChI is InChI=1S/C16H16F6N2O/c17-15(18,19)9-3-4-10(12(5-9)16(20,21)22)14(25)24-6-11(8-1-2-8)13(23)7-24/h3-5,8,11,13H,1-2,6-7,23H2/t11-,13+/m0/s1. The molecule has 1 aliphatic heterocycles. The largest absolute Gasteiger partial charge is 0.417 e. The van der Waals surface area contributed by atoms with Gasteiger partial charge in [-0.25, -0.2) is 0 Å². The molecule has 138 valence electrons. The number of likely N-dealkylation sites (tertiary alicyclic amines) is 1. The van der Waals surface area contributed by atoms with Crippen molar-refractivity contribution in [2.45, 2.75) is 31.2 Å². The molecule has 0 unspecified atom stereocenters. The minimum atomic E-state index is -5.07. The van der Waals surface area contributed by atoms with E-state index in [0.29, 0.717) is 18.1 Å². The summed E-state index contributed by atoms with van der Waals surface area (Å²) < 4.78 is 77.7. The topological polar surface area (TPSA) is 46.3 Å². The maximum absolute atomic E-state index is 13.2. The molecule has 25 heavy (non-hydrogen) atoms. The smallest absolute Gasteiger partial charge is 0.337 e. The number of amides is 1. The number of hydrogen-bond donors (Lipinski definition) is 1. The molecule has 0 aromatic heterocycles. The molecule has 3 nitrogen and oxygen atoms in total. The summed E-state index contributed by atoms with van der Waals surface area (Å²) in [5.41, 5.74) is 2.18. The molecule has 2 atom stereocenters. The Bertz CT molecular complexity index is 680. The molecular formula is C16H16F6N2O. The van der Waals surface area contributed by atoms with Crippen LogP contribution in [0.5, 0.6) is 0 Å². The second kappa shape index (κ2) is 5.89. The molecule has 1 aliphatic carbocycles. The molecule has 0 radical (unpaired) electrons. The number of carbonyl (C=O) groups excluding carboxylic acids is 1. The lowest BCUT2D eigenvalue weighted by Gasteiger charge is -2.20. The van der Waals surface area contributed by atoms with E-state index in [1.165, 1.54) is 4.90 Å². The van der Waals surface area contributed by atoms with Gasteiger partial charge in [0.1, 0.15) is 0 Å². The fourth-order valence-corrected chi connectivity index (χ4v) is 3.36. The van der Waals surface area contributed by atoms with Gasteiger partial charge in [-0.1, -0.05) is 0 Å². The van der Waals surface area contributed by atoms with E-state index < -0.39 is 35.0 Å². The van der Waals surface area contributed by atoms with Gasteiger partial charge in [0.25, 0.3) is 5.91 Å². The lowest BCUT2D eigenvalue weighted by Crippen LogP contribution is -2.33. The highest BCUT2D eigenvalue weighted by molar-refractivity contribution is 5.96. The summed E-state index contributed by atoms with van der Waals surface area (Å²) >= 11 is 0. The van der Waals surface area contributed by atoms with E-state index in [0.717, 1.165) is 12.8 Å². The molecule has 0 bridgehead atoms. The summed E-state index contributed by atoms with van der Waals surface area (Å²) in [5.74, 6) is -0.519. The van der Waals surface area contributed by atoms with Crippen molar-refractivity contribution in [2.24, 2.45) is 17.6 Å². The minimum absolute atomic E-state index is 0.0123. The van der Waals surface area contributed by atoms with Crippen LogP contribution in [0.15, 0.2) is 18.2 Å². The van der Waals surface area contributed by atoms with Gasteiger partial charge in [-0.05, 0) is 42.9 Å². The van der Waals surface area contributed by atoms with Crippen LogP contribution in [0, 0.1) is 11.8 Å². The number of benzene rings is 1. The predicted octanol–water partition coefficient (Wildman–Crippen LogP) is 3.53. The van der Waals surface area contributed by atoms with E-state index >= 15 is 0 Å². The van der Waals surface area contributed by atoms with Gasteiger partial charge in [0.15, 0.2) is 0 Å². The van der Waals surface area contributed by atoms with Crippen molar-refractivity contribution in [3.63, 3.8) is 0 Å². The van der Waals surface area contributed by atoms with Crippen LogP contribution in [-0.4, -0.2) is 29.9 Å². The highest BCUT2D eigenvalue weighted by Crippen LogP contribution is 2.42. The molecule has 2 N–H and O–H groups in total. The van der Waals surface area contributed by atoms with E-state index in [1.807, 2.05) is 0 Å². The predicted molar refractivity (Wildman–Crippen MR) is 76.5 cm³/mol. The Morgan fingerprint density at radius 2 is 1.68 bits per heavy atom. The van der Waals surface area contributed by atoms with Crippen LogP contribution in [0.1, 0.15) is 34.3 Å². The highest BCUT2D eigenvalue weighted by Gasteiger charge is 2.44. The average Bonchev–Trinajstić information content (AvgIpc) is 3.26. The monoisotopic (exact) mass is 366 g/mol. The zero-order valence-corrected chi connectivity index (χ0v) is 13.0. The molecule has 1 aromatic rings. The SMILES string of the molecule is N[C@@H]1CN(C(=O)c2ccc(C(F)(F)F)cc2C(F)(F)F)C[C@H]1C1CC1. The van der Waals surface area contributed by atoms with Gasteiger partial charge in [0.05, 0.1) is 16.7 Å². The first kappa shape index (κ1) is 18.0. The molecular weight excluding hydrogens is 350 g/mol. The number of rotatable bonds is 2. The fourth-order valence-electron chi connectivity index (χ4n) is 3.36. The second-order valence-corrected chi connectivity index (χ2v) is 6.63. The van der Waals surface area contributed by atoms with Gasteiger partial charge in [0.2, 0.25) is 0 Å². The van der Waals surface area contributed by atoms with Crippen LogP contribution in [0.4, 0.5) is 26.3 Å². The Balaban J connectivity index is 1.92. The van der Waals surface area contributed by atoms with Crippen molar-refractivity contribution in [1.82, 2.24) is 4.90 Å². The Hall–Kier alpha value is -1.77. The van der Waals surface area contributed by atoms with Gasteiger partial charge in [0, 0.05) is 19.1 Å². The third kappa shape index (κ3) is 3.61. The first-order valence-electron chi connectivity index (χ1n) is 7.82. The summed E-state index contributed by atoms with van der Waals surface area (Å²) in [4.78, 5) is 13.7. The second-order valence-electron chi connectivity index (χ2n) is 6.63. The van der Waals surface area contributed by atoms with Crippen LogP contribution in [-0.2, 0) is 12.4 Å². The van der Waals surface area contributed by atoms with Crippen molar-refractivity contribution in [3.8, 4) is 0 Å². The van der Waals surface area contributed by atoms with Gasteiger partial charge < -0.3 is 10.6 Å². The summed E-state index contributed by atoms with van der Waals surface area (Å²) in [7, 11) is 0. The van der Waals surface area contributed by atoms with E-state index in [1.54, 1.807) is 0 Å². The molecule has 2 fully saturated rings. The quantitative estimate of drug-likeness (QED) is 0.814. The molecule has 1 aromatic carbocycles. The normalized spacial score (nSPS) is 24.7. The van der Waals surface area contributed by atoms with Crippen LogP contribution in [0.2, 0.25) is 0 Å². The Kier molecular flexibility index (Phi) is 4.25. The number of hydrogen-bond acceptors (Lipinski definition) is 2. The summed E-state index contributed by atoms with van der Waals surface area (Å²) in [6.45, 7) is 0.349. The van der Waals surface area contributed by atoms with Crippen molar-refractivity contribution in [2.75, 3.05) is 13.1 Å². The van der Waals surface area contributed by atoms with Gasteiger partial charge in [-0.15, -0.1) is 0 Å². The molecule has 2 aliphatic rings. The van der Waals surface area contributed by atoms with E-state index in [-0.39, 0.29) is 31.1 Å². The molecule has 1 heterocycles. The number of halogens is 6. The maximum Gasteiger partial charge on any atom is 0.417 e. The fraction of sp³-hybridized carbons (Fsp3) is 0.562. The van der Waals surface area contributed by atoms with Crippen LogP contribution < -0.4 is 5.73 Å². The van der Waals surface area contributed by atoms with Crippen LogP contribution in [0.3, 0.4) is 0 Å². The summed E-state index contributed by atoms with van der Waals surface area (Å²) in [5, 5.41) is 0. The van der Waals surface area contributed by atoms with Crippen molar-refractivity contribution >= 4 is 5.91 Å². The molecule has 1 saturated carbocycles. The molecule has 1 saturated heterocycles. The number of alkyl halides is 6. The summed E-state index contributed by atoms with van der Waals surface area (Å²) in [6, 6.07) is 0.766. The molecule has 9 heteroatoms. The Morgan fingerprint density at radius 1 is 1.04 bits per heavy atom. The first-order chi connectivity index (χ1) is 11.5. The van der Waals surface area contributed by atoms with Gasteiger partial charge >= 0.3 is 12.4 Å². The Morgan fingerprint density at radius 3 is 2.20 bits per heavy atom. The van der Waals surface area contributed by atoms with Gasteiger partial charge in [-0.3, -0.25) is 4.79 Å². The molecule has 1 amide bonds. The van der Waals surface area contributed by atoms with E-state index in [9.17, 15) is 31.1 Å².